The number of aliphatic carboxylic acids is 1. The van der Waals surface area contributed by atoms with Gasteiger partial charge in [0.05, 0.1) is 12.1 Å². The van der Waals surface area contributed by atoms with E-state index in [9.17, 15) is 13.2 Å². The van der Waals surface area contributed by atoms with Gasteiger partial charge in [-0.3, -0.25) is 4.79 Å². The molecule has 0 saturated carbocycles. The number of para-hydroxylation sites is 1. The van der Waals surface area contributed by atoms with Gasteiger partial charge < -0.3 is 10.7 Å². The molecule has 0 unspecified atom stereocenters. The van der Waals surface area contributed by atoms with Crippen molar-refractivity contribution in [3.8, 4) is 5.75 Å². The summed E-state index contributed by atoms with van der Waals surface area (Å²) in [5.41, 5.74) is 0.370. The van der Waals surface area contributed by atoms with Crippen LogP contribution in [-0.4, -0.2) is 25.2 Å². The predicted molar refractivity (Wildman–Crippen MR) is 55.9 cm³/mol. The summed E-state index contributed by atoms with van der Waals surface area (Å²) in [6, 6.07) is 6.25. The molecule has 1 aromatic rings. The van der Waals surface area contributed by atoms with Crippen molar-refractivity contribution >= 4 is 22.0 Å². The molecule has 8 heteroatoms. The molecule has 0 atom stereocenters. The number of fused-ring (bicyclic) bond motifs is 1. The third kappa shape index (κ3) is 3.29. The number of hydrogen-bond acceptors (Lipinski definition) is 4. The zero-order valence-corrected chi connectivity index (χ0v) is 11.8. The van der Waals surface area contributed by atoms with Crippen LogP contribution in [-0.2, 0) is 15.1 Å². The van der Waals surface area contributed by atoms with Gasteiger partial charge in [-0.1, -0.05) is 12.1 Å². The quantitative estimate of drug-likeness (QED) is 0.607. The van der Waals surface area contributed by atoms with Gasteiger partial charge in [-0.05, 0) is 12.1 Å². The number of carbonyl (C=O) groups is 1. The Morgan fingerprint density at radius 3 is 2.71 bits per heavy atom. The molecule has 86 valence electrons. The van der Waals surface area contributed by atoms with Crippen LogP contribution in [0, 0.1) is 0 Å². The van der Waals surface area contributed by atoms with E-state index in [-0.39, 0.29) is 42.4 Å². The summed E-state index contributed by atoms with van der Waals surface area (Å²) in [7, 11) is -4.07. The van der Waals surface area contributed by atoms with E-state index in [0.717, 1.165) is 0 Å². The Morgan fingerprint density at radius 2 is 2.06 bits per heavy atom. The molecule has 0 fully saturated rings. The first-order valence-corrected chi connectivity index (χ1v) is 5.69. The van der Waals surface area contributed by atoms with Gasteiger partial charge >= 0.3 is 45.8 Å². The molecule has 1 aliphatic rings. The first-order chi connectivity index (χ1) is 7.48. The van der Waals surface area contributed by atoms with Crippen molar-refractivity contribution in [2.45, 2.75) is 6.42 Å². The summed E-state index contributed by atoms with van der Waals surface area (Å²) < 4.78 is 30.3. The SMILES string of the molecule is O=C(O)CC1=NS(=O)(=O)Oc2ccccc21.[H-].[Na+]. The normalized spacial score (nSPS) is 15.9. The molecule has 1 aliphatic heterocycles. The summed E-state index contributed by atoms with van der Waals surface area (Å²) in [4.78, 5) is 10.6. The molecule has 0 bridgehead atoms. The van der Waals surface area contributed by atoms with Gasteiger partial charge in [0, 0.05) is 5.56 Å². The number of benzene rings is 1. The van der Waals surface area contributed by atoms with Crippen molar-refractivity contribution in [1.82, 2.24) is 0 Å². The smallest absolute Gasteiger partial charge is 1.00 e. The van der Waals surface area contributed by atoms with Crippen molar-refractivity contribution in [2.24, 2.45) is 4.40 Å². The second-order valence-corrected chi connectivity index (χ2v) is 4.32. The fraction of sp³-hybridized carbons (Fsp3) is 0.111. The average molecular weight is 265 g/mol. The zero-order valence-electron chi connectivity index (χ0n) is 9.95. The topological polar surface area (TPSA) is 93.0 Å². The summed E-state index contributed by atoms with van der Waals surface area (Å²) in [6.45, 7) is 0. The fourth-order valence-electron chi connectivity index (χ4n) is 1.36. The van der Waals surface area contributed by atoms with Gasteiger partial charge in [0.2, 0.25) is 0 Å². The molecular formula is C9H8NNaO5S. The molecule has 1 aromatic carbocycles. The van der Waals surface area contributed by atoms with Crippen LogP contribution in [0.15, 0.2) is 28.7 Å². The van der Waals surface area contributed by atoms with E-state index >= 15 is 0 Å². The van der Waals surface area contributed by atoms with Crippen LogP contribution >= 0.6 is 0 Å². The Balaban J connectivity index is 0.00000144. The molecule has 2 rings (SSSR count). The second-order valence-electron chi connectivity index (χ2n) is 3.12. The maximum atomic E-state index is 11.2. The predicted octanol–water partition coefficient (Wildman–Crippen LogP) is -2.30. The van der Waals surface area contributed by atoms with Crippen molar-refractivity contribution < 1.29 is 53.5 Å². The fourth-order valence-corrected chi connectivity index (χ4v) is 2.21. The number of carboxylic acid groups (broad SMARTS) is 1. The minimum absolute atomic E-state index is 0. The minimum atomic E-state index is -4.07. The summed E-state index contributed by atoms with van der Waals surface area (Å²) in [6.07, 6.45) is -0.459. The first-order valence-electron chi connectivity index (χ1n) is 4.32. The van der Waals surface area contributed by atoms with E-state index < -0.39 is 22.7 Å². The van der Waals surface area contributed by atoms with Crippen LogP contribution in [0.25, 0.3) is 0 Å². The zero-order chi connectivity index (χ0) is 11.8. The maximum absolute atomic E-state index is 11.2. The number of carboxylic acids is 1. The van der Waals surface area contributed by atoms with E-state index in [4.69, 9.17) is 5.11 Å². The van der Waals surface area contributed by atoms with Crippen molar-refractivity contribution in [3.05, 3.63) is 29.8 Å². The number of nitrogens with zero attached hydrogens (tertiary/aromatic N) is 1. The van der Waals surface area contributed by atoms with E-state index in [1.807, 2.05) is 0 Å². The molecule has 1 heterocycles. The van der Waals surface area contributed by atoms with Gasteiger partial charge in [-0.2, -0.15) is 8.42 Å². The van der Waals surface area contributed by atoms with Gasteiger partial charge in [-0.15, -0.1) is 4.40 Å². The van der Waals surface area contributed by atoms with Crippen LogP contribution in [0.4, 0.5) is 0 Å². The standard InChI is InChI=1S/C9H7NO5S.Na.H/c11-9(12)5-7-6-3-1-2-4-8(6)15-16(13,14)10-7;;/h1-4H,5H2,(H,11,12);;/q;+1;-1. The molecule has 1 N–H and O–H groups in total. The van der Waals surface area contributed by atoms with Gasteiger partial charge in [0.1, 0.15) is 0 Å². The van der Waals surface area contributed by atoms with E-state index in [0.29, 0.717) is 5.56 Å². The Kier molecular flexibility index (Phi) is 4.31. The summed E-state index contributed by atoms with van der Waals surface area (Å²) in [5.74, 6) is -1.04. The molecule has 6 nitrogen and oxygen atoms in total. The largest absolute Gasteiger partial charge is 1.00 e. The van der Waals surface area contributed by atoms with E-state index in [1.165, 1.54) is 6.07 Å². The van der Waals surface area contributed by atoms with Crippen LogP contribution in [0.1, 0.15) is 13.4 Å². The minimum Gasteiger partial charge on any atom is -1.00 e. The van der Waals surface area contributed by atoms with Crippen LogP contribution in [0.5, 0.6) is 5.75 Å². The average Bonchev–Trinajstić information content (AvgIpc) is 2.14. The monoisotopic (exact) mass is 265 g/mol. The van der Waals surface area contributed by atoms with Crippen LogP contribution < -0.4 is 33.7 Å². The second kappa shape index (κ2) is 5.18. The first kappa shape index (κ1) is 14.2. The third-order valence-electron chi connectivity index (χ3n) is 1.93. The Labute approximate surface area is 121 Å². The van der Waals surface area contributed by atoms with Crippen molar-refractivity contribution in [2.75, 3.05) is 0 Å². The number of rotatable bonds is 2. The third-order valence-corrected chi connectivity index (χ3v) is 2.77. The van der Waals surface area contributed by atoms with Gasteiger partial charge in [0.25, 0.3) is 0 Å². The van der Waals surface area contributed by atoms with Crippen LogP contribution in [0.2, 0.25) is 0 Å². The molecule has 0 aliphatic carbocycles. The van der Waals surface area contributed by atoms with Crippen molar-refractivity contribution in [1.29, 1.82) is 0 Å². The summed E-state index contributed by atoms with van der Waals surface area (Å²) >= 11 is 0. The molecule has 17 heavy (non-hydrogen) atoms. The molecule has 0 radical (unpaired) electrons. The van der Waals surface area contributed by atoms with Crippen LogP contribution in [0.3, 0.4) is 0 Å². The molecule has 0 saturated heterocycles. The summed E-state index contributed by atoms with van der Waals surface area (Å²) in [5, 5.41) is 8.65. The Hall–Kier alpha value is -0.890. The maximum Gasteiger partial charge on any atom is 1.00 e. The number of hydrogen-bond donors (Lipinski definition) is 1. The van der Waals surface area contributed by atoms with E-state index in [2.05, 4.69) is 8.58 Å². The van der Waals surface area contributed by atoms with Crippen molar-refractivity contribution in [3.63, 3.8) is 0 Å². The molecular weight excluding hydrogens is 257 g/mol. The molecule has 0 amide bonds. The Bertz CT molecular complexity index is 586. The van der Waals surface area contributed by atoms with Gasteiger partial charge in [0.15, 0.2) is 5.75 Å². The van der Waals surface area contributed by atoms with Gasteiger partial charge in [-0.25, -0.2) is 0 Å². The molecule has 0 aromatic heterocycles. The van der Waals surface area contributed by atoms with E-state index in [1.54, 1.807) is 18.2 Å². The molecule has 0 spiro atoms. The Morgan fingerprint density at radius 1 is 1.41 bits per heavy atom.